The molecule has 0 saturated heterocycles. The average Bonchev–Trinajstić information content (AvgIpc) is 2.64. The van der Waals surface area contributed by atoms with E-state index in [1.807, 2.05) is 13.8 Å². The zero-order chi connectivity index (χ0) is 11.5. The fourth-order valence-electron chi connectivity index (χ4n) is 1.13. The Bertz CT molecular complexity index is 480. The first-order chi connectivity index (χ1) is 7.65. The maximum atomic E-state index is 5.42. The summed E-state index contributed by atoms with van der Waals surface area (Å²) in [4.78, 5) is 12.0. The molecule has 0 bridgehead atoms. The number of aromatic nitrogens is 5. The molecule has 2 aromatic heterocycles. The van der Waals surface area contributed by atoms with Crippen LogP contribution in [0.1, 0.15) is 13.8 Å². The van der Waals surface area contributed by atoms with Gasteiger partial charge < -0.3 is 10.5 Å². The van der Waals surface area contributed by atoms with Crippen molar-refractivity contribution in [3.63, 3.8) is 0 Å². The number of anilines is 1. The van der Waals surface area contributed by atoms with Crippen LogP contribution in [0.2, 0.25) is 0 Å². The standard InChI is InChI=1S/C9H12N6O/c1-6(2)16-8-4-11-3-7(13-8)15-5-12-9(10)14-15/h3-6H,1-2H3,(H2,10,14). The summed E-state index contributed by atoms with van der Waals surface area (Å²) in [5.74, 6) is 1.15. The van der Waals surface area contributed by atoms with E-state index in [0.717, 1.165) is 0 Å². The van der Waals surface area contributed by atoms with Crippen molar-refractivity contribution in [2.45, 2.75) is 20.0 Å². The Balaban J connectivity index is 2.28. The Morgan fingerprint density at radius 2 is 2.19 bits per heavy atom. The highest BCUT2D eigenvalue weighted by Crippen LogP contribution is 2.10. The second-order valence-electron chi connectivity index (χ2n) is 3.43. The smallest absolute Gasteiger partial charge is 0.239 e. The van der Waals surface area contributed by atoms with Crippen molar-refractivity contribution in [3.8, 4) is 11.7 Å². The molecule has 0 spiro atoms. The van der Waals surface area contributed by atoms with Crippen LogP contribution in [-0.4, -0.2) is 30.8 Å². The Labute approximate surface area is 92.3 Å². The van der Waals surface area contributed by atoms with E-state index in [2.05, 4.69) is 20.1 Å². The molecule has 84 valence electrons. The van der Waals surface area contributed by atoms with E-state index in [0.29, 0.717) is 11.7 Å². The number of nitrogen functional groups attached to an aromatic ring is 1. The van der Waals surface area contributed by atoms with Gasteiger partial charge in [0.25, 0.3) is 0 Å². The van der Waals surface area contributed by atoms with Crippen molar-refractivity contribution in [1.82, 2.24) is 24.7 Å². The molecule has 0 aromatic carbocycles. The van der Waals surface area contributed by atoms with Crippen molar-refractivity contribution < 1.29 is 4.74 Å². The molecule has 7 heteroatoms. The van der Waals surface area contributed by atoms with Crippen LogP contribution in [0, 0.1) is 0 Å². The fraction of sp³-hybridized carbons (Fsp3) is 0.333. The second-order valence-corrected chi connectivity index (χ2v) is 3.43. The van der Waals surface area contributed by atoms with E-state index in [-0.39, 0.29) is 12.1 Å². The van der Waals surface area contributed by atoms with Crippen LogP contribution in [0.3, 0.4) is 0 Å². The summed E-state index contributed by atoms with van der Waals surface area (Å²) in [5.41, 5.74) is 5.41. The average molecular weight is 220 g/mol. The van der Waals surface area contributed by atoms with E-state index in [1.165, 1.54) is 11.0 Å². The predicted octanol–water partition coefficient (Wildman–Crippen LogP) is 0.427. The van der Waals surface area contributed by atoms with Gasteiger partial charge in [0.15, 0.2) is 5.82 Å². The van der Waals surface area contributed by atoms with Gasteiger partial charge >= 0.3 is 0 Å². The van der Waals surface area contributed by atoms with Crippen molar-refractivity contribution in [2.75, 3.05) is 5.73 Å². The normalized spacial score (nSPS) is 10.7. The Morgan fingerprint density at radius 3 is 2.81 bits per heavy atom. The van der Waals surface area contributed by atoms with Crippen LogP contribution in [0.15, 0.2) is 18.7 Å². The van der Waals surface area contributed by atoms with Gasteiger partial charge in [-0.1, -0.05) is 0 Å². The van der Waals surface area contributed by atoms with Crippen molar-refractivity contribution in [1.29, 1.82) is 0 Å². The number of hydrogen-bond donors (Lipinski definition) is 1. The molecular weight excluding hydrogens is 208 g/mol. The molecule has 0 fully saturated rings. The molecule has 2 N–H and O–H groups in total. The highest BCUT2D eigenvalue weighted by molar-refractivity contribution is 5.23. The van der Waals surface area contributed by atoms with Gasteiger partial charge in [-0.3, -0.25) is 4.98 Å². The van der Waals surface area contributed by atoms with Gasteiger partial charge in [-0.2, -0.15) is 9.67 Å². The molecule has 0 unspecified atom stereocenters. The van der Waals surface area contributed by atoms with Crippen molar-refractivity contribution in [2.24, 2.45) is 0 Å². The summed E-state index contributed by atoms with van der Waals surface area (Å²) < 4.78 is 6.86. The molecule has 0 aliphatic heterocycles. The third-order valence-electron chi connectivity index (χ3n) is 1.70. The van der Waals surface area contributed by atoms with E-state index < -0.39 is 0 Å². The van der Waals surface area contributed by atoms with Crippen LogP contribution >= 0.6 is 0 Å². The molecule has 16 heavy (non-hydrogen) atoms. The van der Waals surface area contributed by atoms with Crippen LogP contribution in [0.5, 0.6) is 5.88 Å². The highest BCUT2D eigenvalue weighted by atomic mass is 16.5. The highest BCUT2D eigenvalue weighted by Gasteiger charge is 2.05. The minimum absolute atomic E-state index is 0.0466. The van der Waals surface area contributed by atoms with Crippen molar-refractivity contribution >= 4 is 5.95 Å². The third kappa shape index (κ3) is 2.25. The van der Waals surface area contributed by atoms with Gasteiger partial charge in [-0.05, 0) is 13.8 Å². The van der Waals surface area contributed by atoms with Gasteiger partial charge in [0.2, 0.25) is 11.8 Å². The van der Waals surface area contributed by atoms with Crippen LogP contribution in [-0.2, 0) is 0 Å². The predicted molar refractivity (Wildman–Crippen MR) is 57.1 cm³/mol. The number of hydrogen-bond acceptors (Lipinski definition) is 6. The Hall–Kier alpha value is -2.18. The van der Waals surface area contributed by atoms with Gasteiger partial charge in [-0.25, -0.2) is 4.98 Å². The fourth-order valence-corrected chi connectivity index (χ4v) is 1.13. The van der Waals surface area contributed by atoms with Gasteiger partial charge in [0.1, 0.15) is 6.33 Å². The largest absolute Gasteiger partial charge is 0.474 e. The Kier molecular flexibility index (Phi) is 2.67. The van der Waals surface area contributed by atoms with E-state index >= 15 is 0 Å². The minimum Gasteiger partial charge on any atom is -0.474 e. The van der Waals surface area contributed by atoms with E-state index in [9.17, 15) is 0 Å². The zero-order valence-corrected chi connectivity index (χ0v) is 9.03. The minimum atomic E-state index is 0.0466. The topological polar surface area (TPSA) is 91.7 Å². The lowest BCUT2D eigenvalue weighted by Gasteiger charge is -2.08. The quantitative estimate of drug-likeness (QED) is 0.806. The van der Waals surface area contributed by atoms with Gasteiger partial charge in [0, 0.05) is 0 Å². The monoisotopic (exact) mass is 220 g/mol. The van der Waals surface area contributed by atoms with Crippen LogP contribution in [0.25, 0.3) is 5.82 Å². The SMILES string of the molecule is CC(C)Oc1cncc(-n2cnc(N)n2)n1. The molecule has 0 aliphatic carbocycles. The zero-order valence-electron chi connectivity index (χ0n) is 9.03. The molecule has 0 amide bonds. The first-order valence-electron chi connectivity index (χ1n) is 4.81. The Morgan fingerprint density at radius 1 is 1.38 bits per heavy atom. The maximum Gasteiger partial charge on any atom is 0.239 e. The van der Waals surface area contributed by atoms with Gasteiger partial charge in [0.05, 0.1) is 18.5 Å². The lowest BCUT2D eigenvalue weighted by Crippen LogP contribution is -2.09. The molecule has 7 nitrogen and oxygen atoms in total. The number of nitrogens with zero attached hydrogens (tertiary/aromatic N) is 5. The summed E-state index contributed by atoms with van der Waals surface area (Å²) in [6.07, 6.45) is 4.62. The van der Waals surface area contributed by atoms with Crippen LogP contribution < -0.4 is 10.5 Å². The lowest BCUT2D eigenvalue weighted by molar-refractivity contribution is 0.231. The summed E-state index contributed by atoms with van der Waals surface area (Å²) in [6, 6.07) is 0. The van der Waals surface area contributed by atoms with E-state index in [1.54, 1.807) is 12.4 Å². The summed E-state index contributed by atoms with van der Waals surface area (Å²) >= 11 is 0. The molecule has 0 aliphatic rings. The lowest BCUT2D eigenvalue weighted by atomic mass is 10.5. The molecule has 2 heterocycles. The molecule has 0 atom stereocenters. The second kappa shape index (κ2) is 4.13. The molecule has 2 aromatic rings. The first-order valence-corrected chi connectivity index (χ1v) is 4.81. The number of nitrogens with two attached hydrogens (primary N) is 1. The molecule has 2 rings (SSSR count). The molecular formula is C9H12N6O. The maximum absolute atomic E-state index is 5.42. The number of ether oxygens (including phenoxy) is 1. The molecule has 0 radical (unpaired) electrons. The molecule has 0 saturated carbocycles. The van der Waals surface area contributed by atoms with E-state index in [4.69, 9.17) is 10.5 Å². The number of rotatable bonds is 3. The van der Waals surface area contributed by atoms with Crippen LogP contribution in [0.4, 0.5) is 5.95 Å². The summed E-state index contributed by atoms with van der Waals surface area (Å²) in [7, 11) is 0. The van der Waals surface area contributed by atoms with Crippen molar-refractivity contribution in [3.05, 3.63) is 18.7 Å². The third-order valence-corrected chi connectivity index (χ3v) is 1.70. The van der Waals surface area contributed by atoms with Gasteiger partial charge in [-0.15, -0.1) is 5.10 Å². The summed E-state index contributed by atoms with van der Waals surface area (Å²) in [6.45, 7) is 3.84. The first kappa shape index (κ1) is 10.3. The summed E-state index contributed by atoms with van der Waals surface area (Å²) in [5, 5.41) is 3.93.